The Balaban J connectivity index is 1.94. The van der Waals surface area contributed by atoms with Crippen LogP contribution in [0.3, 0.4) is 0 Å². The van der Waals surface area contributed by atoms with Crippen LogP contribution in [0.1, 0.15) is 30.3 Å². The first-order chi connectivity index (χ1) is 15.4. The molecule has 33 heavy (non-hydrogen) atoms. The molecule has 3 rings (SSSR count). The fourth-order valence-corrected chi connectivity index (χ4v) is 3.63. The molecular weight excluding hydrogens is 472 g/mol. The fourth-order valence-electron chi connectivity index (χ4n) is 2.82. The third kappa shape index (κ3) is 6.46. The summed E-state index contributed by atoms with van der Waals surface area (Å²) in [5, 5.41) is 11.0. The van der Waals surface area contributed by atoms with Crippen LogP contribution in [0.25, 0.3) is 5.69 Å². The number of carbonyl (C=O) groups is 1. The highest BCUT2D eigenvalue weighted by molar-refractivity contribution is 7.99. The van der Waals surface area contributed by atoms with Gasteiger partial charge in [0.05, 0.1) is 16.8 Å². The van der Waals surface area contributed by atoms with Crippen LogP contribution in [-0.2, 0) is 23.6 Å². The standard InChI is InChI=1S/C20H17F6N5OS/c1-12(32)27-9-3-6-16-29-30-18(33-17-8-7-14(11-28-17)20(24,25)26)31(16)15-5-2-4-13(10-15)19(21,22)23/h2,4-5,7-8,10-11H,3,6,9H2,1H3,(H,27,32). The van der Waals surface area contributed by atoms with Crippen molar-refractivity contribution in [2.45, 2.75) is 42.3 Å². The predicted molar refractivity (Wildman–Crippen MR) is 107 cm³/mol. The molecular formula is C20H17F6N5OS. The lowest BCUT2D eigenvalue weighted by molar-refractivity contribution is -0.138. The minimum atomic E-state index is -4.57. The summed E-state index contributed by atoms with van der Waals surface area (Å²) in [5.41, 5.74) is -1.66. The number of hydrogen-bond donors (Lipinski definition) is 1. The van der Waals surface area contributed by atoms with E-state index < -0.39 is 23.5 Å². The Labute approximate surface area is 188 Å². The summed E-state index contributed by atoms with van der Waals surface area (Å²) in [6, 6.07) is 6.55. The van der Waals surface area contributed by atoms with Crippen LogP contribution in [-0.4, -0.2) is 32.2 Å². The number of nitrogens with zero attached hydrogens (tertiary/aromatic N) is 4. The maximum absolute atomic E-state index is 13.2. The highest BCUT2D eigenvalue weighted by Gasteiger charge is 2.32. The first kappa shape index (κ1) is 24.6. The van der Waals surface area contributed by atoms with Crippen LogP contribution in [0, 0.1) is 0 Å². The minimum absolute atomic E-state index is 0.135. The molecule has 3 aromatic rings. The lowest BCUT2D eigenvalue weighted by Crippen LogP contribution is -2.21. The Morgan fingerprint density at radius 1 is 1.03 bits per heavy atom. The lowest BCUT2D eigenvalue weighted by Gasteiger charge is -2.13. The number of aromatic nitrogens is 4. The number of rotatable bonds is 7. The highest BCUT2D eigenvalue weighted by atomic mass is 32.2. The summed E-state index contributed by atoms with van der Waals surface area (Å²) < 4.78 is 79.4. The van der Waals surface area contributed by atoms with E-state index in [1.165, 1.54) is 23.6 Å². The minimum Gasteiger partial charge on any atom is -0.356 e. The topological polar surface area (TPSA) is 72.7 Å². The van der Waals surface area contributed by atoms with Gasteiger partial charge in [-0.05, 0) is 48.5 Å². The molecule has 13 heteroatoms. The maximum Gasteiger partial charge on any atom is 0.417 e. The highest BCUT2D eigenvalue weighted by Crippen LogP contribution is 2.34. The van der Waals surface area contributed by atoms with Crippen molar-refractivity contribution in [1.82, 2.24) is 25.1 Å². The lowest BCUT2D eigenvalue weighted by atomic mass is 10.2. The summed E-state index contributed by atoms with van der Waals surface area (Å²) in [6.07, 6.45) is -7.72. The molecule has 0 unspecified atom stereocenters. The Morgan fingerprint density at radius 2 is 1.76 bits per heavy atom. The molecule has 2 heterocycles. The number of carbonyl (C=O) groups excluding carboxylic acids is 1. The van der Waals surface area contributed by atoms with Crippen LogP contribution in [0.2, 0.25) is 0 Å². The van der Waals surface area contributed by atoms with E-state index in [2.05, 4.69) is 20.5 Å². The van der Waals surface area contributed by atoms with Crippen LogP contribution >= 0.6 is 11.8 Å². The second-order valence-electron chi connectivity index (χ2n) is 6.85. The Hall–Kier alpha value is -3.09. The van der Waals surface area contributed by atoms with Crippen molar-refractivity contribution < 1.29 is 31.1 Å². The molecule has 0 fully saturated rings. The molecule has 0 aliphatic rings. The van der Waals surface area contributed by atoms with Crippen LogP contribution in [0.15, 0.2) is 52.8 Å². The van der Waals surface area contributed by atoms with Gasteiger partial charge in [-0.2, -0.15) is 26.3 Å². The van der Waals surface area contributed by atoms with Crippen molar-refractivity contribution in [1.29, 1.82) is 0 Å². The van der Waals surface area contributed by atoms with Gasteiger partial charge in [-0.1, -0.05) is 6.07 Å². The Morgan fingerprint density at radius 3 is 2.36 bits per heavy atom. The zero-order chi connectivity index (χ0) is 24.2. The zero-order valence-electron chi connectivity index (χ0n) is 17.0. The number of halogens is 6. The number of amides is 1. The number of aryl methyl sites for hydroxylation is 1. The van der Waals surface area contributed by atoms with Gasteiger partial charge < -0.3 is 5.32 Å². The maximum atomic E-state index is 13.2. The van der Waals surface area contributed by atoms with E-state index in [0.717, 1.165) is 36.0 Å². The molecule has 0 aliphatic heterocycles. The molecule has 1 N–H and O–H groups in total. The summed E-state index contributed by atoms with van der Waals surface area (Å²) in [5.74, 6) is 0.105. The van der Waals surface area contributed by atoms with Crippen molar-refractivity contribution in [3.8, 4) is 5.69 Å². The van der Waals surface area contributed by atoms with E-state index in [1.54, 1.807) is 0 Å². The van der Waals surface area contributed by atoms with Crippen molar-refractivity contribution in [2.24, 2.45) is 0 Å². The van der Waals surface area contributed by atoms with Gasteiger partial charge in [0.15, 0.2) is 0 Å². The Bertz CT molecular complexity index is 1110. The van der Waals surface area contributed by atoms with Crippen molar-refractivity contribution >= 4 is 17.7 Å². The monoisotopic (exact) mass is 489 g/mol. The second-order valence-corrected chi connectivity index (χ2v) is 7.84. The normalized spacial score (nSPS) is 12.1. The number of alkyl halides is 6. The first-order valence-corrected chi connectivity index (χ1v) is 10.3. The van der Waals surface area contributed by atoms with Gasteiger partial charge in [-0.15, -0.1) is 10.2 Å². The van der Waals surface area contributed by atoms with Gasteiger partial charge >= 0.3 is 12.4 Å². The van der Waals surface area contributed by atoms with Crippen LogP contribution in [0.4, 0.5) is 26.3 Å². The average Bonchev–Trinajstić information content (AvgIpc) is 3.12. The molecule has 0 saturated heterocycles. The van der Waals surface area contributed by atoms with Gasteiger partial charge in [0.2, 0.25) is 11.1 Å². The van der Waals surface area contributed by atoms with E-state index in [4.69, 9.17) is 0 Å². The molecule has 0 atom stereocenters. The van der Waals surface area contributed by atoms with E-state index in [0.29, 0.717) is 25.0 Å². The van der Waals surface area contributed by atoms with Gasteiger partial charge in [0.25, 0.3) is 0 Å². The summed E-state index contributed by atoms with van der Waals surface area (Å²) in [7, 11) is 0. The van der Waals surface area contributed by atoms with E-state index >= 15 is 0 Å². The van der Waals surface area contributed by atoms with E-state index in [1.807, 2.05) is 0 Å². The largest absolute Gasteiger partial charge is 0.417 e. The molecule has 1 amide bonds. The predicted octanol–water partition coefficient (Wildman–Crippen LogP) is 4.92. The molecule has 0 bridgehead atoms. The van der Waals surface area contributed by atoms with Gasteiger partial charge in [-0.3, -0.25) is 9.36 Å². The number of pyridine rings is 1. The quantitative estimate of drug-likeness (QED) is 0.377. The number of benzene rings is 1. The molecule has 0 aliphatic carbocycles. The number of nitrogens with one attached hydrogen (secondary N) is 1. The molecule has 0 radical (unpaired) electrons. The summed E-state index contributed by atoms with van der Waals surface area (Å²) in [4.78, 5) is 14.8. The fraction of sp³-hybridized carbons (Fsp3) is 0.300. The molecule has 6 nitrogen and oxygen atoms in total. The SMILES string of the molecule is CC(=O)NCCCc1nnc(Sc2ccc(C(F)(F)F)cn2)n1-c1cccc(C(F)(F)F)c1. The molecule has 1 aromatic carbocycles. The van der Waals surface area contributed by atoms with Crippen molar-refractivity contribution in [2.75, 3.05) is 6.54 Å². The van der Waals surface area contributed by atoms with Crippen LogP contribution in [0.5, 0.6) is 0 Å². The number of hydrogen-bond acceptors (Lipinski definition) is 5. The summed E-state index contributed by atoms with van der Waals surface area (Å²) >= 11 is 0.867. The molecule has 176 valence electrons. The molecule has 2 aromatic heterocycles. The van der Waals surface area contributed by atoms with Gasteiger partial charge in [-0.25, -0.2) is 4.98 Å². The third-order valence-electron chi connectivity index (χ3n) is 4.34. The smallest absolute Gasteiger partial charge is 0.356 e. The molecule has 0 spiro atoms. The second kappa shape index (κ2) is 9.81. The third-order valence-corrected chi connectivity index (χ3v) is 5.24. The zero-order valence-corrected chi connectivity index (χ0v) is 17.9. The van der Waals surface area contributed by atoms with Crippen molar-refractivity contribution in [3.05, 3.63) is 59.5 Å². The Kier molecular flexibility index (Phi) is 7.30. The van der Waals surface area contributed by atoms with E-state index in [9.17, 15) is 31.1 Å². The van der Waals surface area contributed by atoms with E-state index in [-0.39, 0.29) is 28.2 Å². The van der Waals surface area contributed by atoms with Gasteiger partial charge in [0, 0.05) is 26.1 Å². The summed E-state index contributed by atoms with van der Waals surface area (Å²) in [6.45, 7) is 1.69. The average molecular weight is 489 g/mol. The van der Waals surface area contributed by atoms with Gasteiger partial charge in [0.1, 0.15) is 10.9 Å². The first-order valence-electron chi connectivity index (χ1n) is 9.52. The van der Waals surface area contributed by atoms with Crippen molar-refractivity contribution in [3.63, 3.8) is 0 Å². The molecule has 0 saturated carbocycles. The van der Waals surface area contributed by atoms with Crippen LogP contribution < -0.4 is 5.32 Å².